The molecule has 1 unspecified atom stereocenters. The summed E-state index contributed by atoms with van der Waals surface area (Å²) in [6.07, 6.45) is 3.36. The van der Waals surface area contributed by atoms with Gasteiger partial charge in [-0.1, -0.05) is 50.6 Å². The first kappa shape index (κ1) is 26.5. The monoisotopic (exact) mass is 512 g/mol. The number of carbonyl (C=O) groups is 2. The Bertz CT molecular complexity index is 1060. The molecule has 0 aromatic heterocycles. The number of ether oxygens (including phenoxy) is 2. The SMILES string of the molecule is CC(C)(C)c1ccc(C(=O)N2CCOC(COc3cccc(Cl)c3)(CC(=O)N3CCCCC3)C2)cc1. The molecule has 2 saturated heterocycles. The highest BCUT2D eigenvalue weighted by Crippen LogP contribution is 2.28. The Kier molecular flexibility index (Phi) is 8.26. The molecule has 2 aliphatic rings. The number of nitrogens with zero attached hydrogens (tertiary/aromatic N) is 2. The summed E-state index contributed by atoms with van der Waals surface area (Å²) in [7, 11) is 0. The van der Waals surface area contributed by atoms with Crippen molar-refractivity contribution in [1.29, 1.82) is 0 Å². The van der Waals surface area contributed by atoms with Gasteiger partial charge in [0, 0.05) is 30.2 Å². The third-order valence-corrected chi connectivity index (χ3v) is 7.25. The lowest BCUT2D eigenvalue weighted by atomic mass is 9.86. The summed E-state index contributed by atoms with van der Waals surface area (Å²) in [5.74, 6) is 0.599. The van der Waals surface area contributed by atoms with Crippen LogP contribution in [0.25, 0.3) is 0 Å². The van der Waals surface area contributed by atoms with E-state index in [9.17, 15) is 9.59 Å². The van der Waals surface area contributed by atoms with Crippen molar-refractivity contribution < 1.29 is 19.1 Å². The van der Waals surface area contributed by atoms with Crippen molar-refractivity contribution in [3.05, 3.63) is 64.7 Å². The Morgan fingerprint density at radius 2 is 1.72 bits per heavy atom. The number of carbonyl (C=O) groups excluding carboxylic acids is 2. The third kappa shape index (κ3) is 6.60. The second kappa shape index (κ2) is 11.2. The van der Waals surface area contributed by atoms with Gasteiger partial charge in [0.1, 0.15) is 18.0 Å². The van der Waals surface area contributed by atoms with Gasteiger partial charge in [-0.15, -0.1) is 0 Å². The van der Waals surface area contributed by atoms with E-state index in [4.69, 9.17) is 21.1 Å². The van der Waals surface area contributed by atoms with Crippen molar-refractivity contribution in [1.82, 2.24) is 9.80 Å². The molecule has 2 fully saturated rings. The standard InChI is InChI=1S/C29H37ClN2O4/c1-28(2,3)23-12-10-22(11-13-23)27(34)32-16-17-36-29(20-32,19-26(33)31-14-5-4-6-15-31)21-35-25-9-7-8-24(30)18-25/h7-13,18H,4-6,14-17,19-21H2,1-3H3. The normalized spacial score (nSPS) is 20.8. The van der Waals surface area contributed by atoms with Gasteiger partial charge in [-0.25, -0.2) is 0 Å². The maximum absolute atomic E-state index is 13.5. The number of hydrogen-bond acceptors (Lipinski definition) is 4. The molecule has 7 heteroatoms. The summed E-state index contributed by atoms with van der Waals surface area (Å²) in [5, 5.41) is 0.575. The Morgan fingerprint density at radius 3 is 2.39 bits per heavy atom. The van der Waals surface area contributed by atoms with Gasteiger partial charge in [0.15, 0.2) is 0 Å². The lowest BCUT2D eigenvalue weighted by molar-refractivity contribution is -0.153. The van der Waals surface area contributed by atoms with Crippen LogP contribution in [-0.4, -0.2) is 66.6 Å². The first-order valence-electron chi connectivity index (χ1n) is 12.9. The fourth-order valence-corrected chi connectivity index (χ4v) is 5.04. The number of halogens is 1. The van der Waals surface area contributed by atoms with Gasteiger partial charge in [-0.05, 0) is 60.6 Å². The zero-order valence-corrected chi connectivity index (χ0v) is 22.4. The Hall–Kier alpha value is -2.57. The molecule has 0 saturated carbocycles. The van der Waals surface area contributed by atoms with E-state index in [-0.39, 0.29) is 36.8 Å². The minimum atomic E-state index is -0.934. The van der Waals surface area contributed by atoms with Gasteiger partial charge in [-0.2, -0.15) is 0 Å². The van der Waals surface area contributed by atoms with Gasteiger partial charge < -0.3 is 19.3 Å². The molecule has 2 aromatic rings. The van der Waals surface area contributed by atoms with Gasteiger partial charge in [-0.3, -0.25) is 9.59 Å². The molecule has 2 aliphatic heterocycles. The number of likely N-dealkylation sites (tertiary alicyclic amines) is 1. The number of amides is 2. The zero-order valence-electron chi connectivity index (χ0n) is 21.6. The molecule has 36 heavy (non-hydrogen) atoms. The van der Waals surface area contributed by atoms with Crippen molar-refractivity contribution in [3.63, 3.8) is 0 Å². The molecular weight excluding hydrogens is 476 g/mol. The molecule has 0 spiro atoms. The topological polar surface area (TPSA) is 59.1 Å². The number of morpholine rings is 1. The van der Waals surface area contributed by atoms with Gasteiger partial charge >= 0.3 is 0 Å². The second-order valence-corrected chi connectivity index (χ2v) is 11.4. The van der Waals surface area contributed by atoms with Crippen LogP contribution >= 0.6 is 11.6 Å². The first-order chi connectivity index (χ1) is 17.2. The van der Waals surface area contributed by atoms with Crippen LogP contribution in [0, 0.1) is 0 Å². The fourth-order valence-electron chi connectivity index (χ4n) is 4.86. The molecule has 2 heterocycles. The zero-order chi connectivity index (χ0) is 25.8. The van der Waals surface area contributed by atoms with E-state index < -0.39 is 5.60 Å². The summed E-state index contributed by atoms with van der Waals surface area (Å²) in [6, 6.07) is 15.0. The van der Waals surface area contributed by atoms with Crippen LogP contribution in [0.5, 0.6) is 5.75 Å². The van der Waals surface area contributed by atoms with Crippen molar-refractivity contribution in [2.45, 2.75) is 57.5 Å². The van der Waals surface area contributed by atoms with Crippen LogP contribution < -0.4 is 4.74 Å². The quantitative estimate of drug-likeness (QED) is 0.525. The van der Waals surface area contributed by atoms with Crippen molar-refractivity contribution >= 4 is 23.4 Å². The molecule has 2 aromatic carbocycles. The molecule has 4 rings (SSSR count). The highest BCUT2D eigenvalue weighted by molar-refractivity contribution is 6.30. The van der Waals surface area contributed by atoms with Crippen LogP contribution in [0.15, 0.2) is 48.5 Å². The predicted octanol–water partition coefficient (Wildman–Crippen LogP) is 5.33. The van der Waals surface area contributed by atoms with Crippen LogP contribution in [0.3, 0.4) is 0 Å². The van der Waals surface area contributed by atoms with E-state index in [0.29, 0.717) is 29.5 Å². The lowest BCUT2D eigenvalue weighted by Crippen LogP contribution is -2.58. The van der Waals surface area contributed by atoms with Crippen LogP contribution in [-0.2, 0) is 14.9 Å². The average Bonchev–Trinajstić information content (AvgIpc) is 2.87. The van der Waals surface area contributed by atoms with E-state index in [1.807, 2.05) is 41.3 Å². The summed E-state index contributed by atoms with van der Waals surface area (Å²) in [6.45, 7) is 9.25. The molecule has 6 nitrogen and oxygen atoms in total. The number of rotatable bonds is 6. The van der Waals surface area contributed by atoms with E-state index in [0.717, 1.165) is 32.4 Å². The summed E-state index contributed by atoms with van der Waals surface area (Å²) >= 11 is 6.13. The minimum Gasteiger partial charge on any atom is -0.490 e. The van der Waals surface area contributed by atoms with Crippen LogP contribution in [0.1, 0.15) is 62.4 Å². The molecule has 194 valence electrons. The smallest absolute Gasteiger partial charge is 0.254 e. The summed E-state index contributed by atoms with van der Waals surface area (Å²) in [4.78, 5) is 30.5. The fraction of sp³-hybridized carbons (Fsp3) is 0.517. The minimum absolute atomic E-state index is 0.0161. The first-order valence-corrected chi connectivity index (χ1v) is 13.2. The van der Waals surface area contributed by atoms with E-state index in [2.05, 4.69) is 20.8 Å². The molecular formula is C29H37ClN2O4. The lowest BCUT2D eigenvalue weighted by Gasteiger charge is -2.43. The second-order valence-electron chi connectivity index (χ2n) is 10.9. The average molecular weight is 513 g/mol. The summed E-state index contributed by atoms with van der Waals surface area (Å²) in [5.41, 5.74) is 0.896. The van der Waals surface area contributed by atoms with Gasteiger partial charge in [0.05, 0.1) is 19.6 Å². The van der Waals surface area contributed by atoms with Crippen molar-refractivity contribution in [3.8, 4) is 5.75 Å². The van der Waals surface area contributed by atoms with Crippen molar-refractivity contribution in [2.24, 2.45) is 0 Å². The van der Waals surface area contributed by atoms with E-state index in [1.54, 1.807) is 17.0 Å². The van der Waals surface area contributed by atoms with Gasteiger partial charge in [0.25, 0.3) is 5.91 Å². The predicted molar refractivity (Wildman–Crippen MR) is 142 cm³/mol. The molecule has 0 radical (unpaired) electrons. The van der Waals surface area contributed by atoms with Crippen LogP contribution in [0.2, 0.25) is 5.02 Å². The van der Waals surface area contributed by atoms with E-state index >= 15 is 0 Å². The number of hydrogen-bond donors (Lipinski definition) is 0. The van der Waals surface area contributed by atoms with Gasteiger partial charge in [0.2, 0.25) is 5.91 Å². The third-order valence-electron chi connectivity index (χ3n) is 7.01. The largest absolute Gasteiger partial charge is 0.490 e. The molecule has 0 bridgehead atoms. The molecule has 0 aliphatic carbocycles. The molecule has 0 N–H and O–H groups in total. The molecule has 2 amide bonds. The maximum Gasteiger partial charge on any atom is 0.254 e. The Labute approximate surface area is 219 Å². The Morgan fingerprint density at radius 1 is 1.00 bits per heavy atom. The molecule has 1 atom stereocenters. The van der Waals surface area contributed by atoms with Crippen molar-refractivity contribution in [2.75, 3.05) is 39.4 Å². The number of piperidine rings is 1. The highest BCUT2D eigenvalue weighted by Gasteiger charge is 2.42. The number of benzene rings is 2. The Balaban J connectivity index is 1.53. The summed E-state index contributed by atoms with van der Waals surface area (Å²) < 4.78 is 12.3. The maximum atomic E-state index is 13.5. The van der Waals surface area contributed by atoms with E-state index in [1.165, 1.54) is 5.56 Å². The highest BCUT2D eigenvalue weighted by atomic mass is 35.5. The van der Waals surface area contributed by atoms with Crippen LogP contribution in [0.4, 0.5) is 0 Å².